The summed E-state index contributed by atoms with van der Waals surface area (Å²) in [6.45, 7) is 4.33. The SMILES string of the molecule is COC(=O)C1=C(C)N(C(C)C)C(=O)[C@]1(NC(=O)CCC1CCCCC1)C(F)(F)F. The molecule has 0 saturated heterocycles. The Balaban J connectivity index is 2.37. The molecule has 2 aliphatic rings. The van der Waals surface area contributed by atoms with Gasteiger partial charge in [0.15, 0.2) is 0 Å². The molecule has 6 nitrogen and oxygen atoms in total. The van der Waals surface area contributed by atoms with Crippen molar-refractivity contribution >= 4 is 17.8 Å². The molecule has 0 aromatic carbocycles. The Morgan fingerprint density at radius 3 is 2.31 bits per heavy atom. The van der Waals surface area contributed by atoms with E-state index in [9.17, 15) is 27.6 Å². The van der Waals surface area contributed by atoms with E-state index in [0.717, 1.165) is 44.1 Å². The molecule has 1 aliphatic heterocycles. The minimum Gasteiger partial charge on any atom is -0.466 e. The van der Waals surface area contributed by atoms with Crippen LogP contribution in [-0.4, -0.2) is 47.6 Å². The number of hydrogen-bond donors (Lipinski definition) is 1. The van der Waals surface area contributed by atoms with Crippen molar-refractivity contribution in [3.8, 4) is 0 Å². The average Bonchev–Trinajstić information content (AvgIpc) is 2.87. The molecule has 1 heterocycles. The molecule has 0 radical (unpaired) electrons. The van der Waals surface area contributed by atoms with Gasteiger partial charge in [-0.15, -0.1) is 0 Å². The molecule has 1 fully saturated rings. The summed E-state index contributed by atoms with van der Waals surface area (Å²) in [4.78, 5) is 38.6. The van der Waals surface area contributed by atoms with Gasteiger partial charge in [-0.3, -0.25) is 9.59 Å². The molecular formula is C20H29F3N2O4. The monoisotopic (exact) mass is 418 g/mol. The van der Waals surface area contributed by atoms with E-state index >= 15 is 0 Å². The molecule has 1 N–H and O–H groups in total. The number of amides is 2. The highest BCUT2D eigenvalue weighted by Gasteiger charge is 2.71. The number of carbonyl (C=O) groups is 3. The summed E-state index contributed by atoms with van der Waals surface area (Å²) in [7, 11) is 0.942. The van der Waals surface area contributed by atoms with Gasteiger partial charge in [0.25, 0.3) is 5.91 Å². The highest BCUT2D eigenvalue weighted by atomic mass is 19.4. The van der Waals surface area contributed by atoms with Gasteiger partial charge in [-0.05, 0) is 33.1 Å². The topological polar surface area (TPSA) is 75.7 Å². The molecule has 164 valence electrons. The number of rotatable bonds is 6. The van der Waals surface area contributed by atoms with Crippen molar-refractivity contribution in [1.29, 1.82) is 0 Å². The summed E-state index contributed by atoms with van der Waals surface area (Å²) in [5.74, 6) is -3.28. The van der Waals surface area contributed by atoms with E-state index in [1.54, 1.807) is 0 Å². The first-order chi connectivity index (χ1) is 13.5. The van der Waals surface area contributed by atoms with Gasteiger partial charge >= 0.3 is 12.1 Å². The predicted molar refractivity (Wildman–Crippen MR) is 99.4 cm³/mol. The summed E-state index contributed by atoms with van der Waals surface area (Å²) >= 11 is 0. The first kappa shape index (κ1) is 23.2. The lowest BCUT2D eigenvalue weighted by Crippen LogP contribution is -2.66. The van der Waals surface area contributed by atoms with Crippen LogP contribution >= 0.6 is 0 Å². The summed E-state index contributed by atoms with van der Waals surface area (Å²) in [5.41, 5.74) is -4.48. The van der Waals surface area contributed by atoms with Crippen molar-refractivity contribution in [2.24, 2.45) is 5.92 Å². The van der Waals surface area contributed by atoms with Gasteiger partial charge in [-0.2, -0.15) is 13.2 Å². The Hall–Kier alpha value is -2.06. The second-order valence-corrected chi connectivity index (χ2v) is 8.06. The number of hydrogen-bond acceptors (Lipinski definition) is 4. The number of nitrogens with zero attached hydrogens (tertiary/aromatic N) is 1. The van der Waals surface area contributed by atoms with Gasteiger partial charge < -0.3 is 15.0 Å². The van der Waals surface area contributed by atoms with Crippen LogP contribution in [-0.2, 0) is 19.1 Å². The van der Waals surface area contributed by atoms with Crippen LogP contribution in [0.25, 0.3) is 0 Å². The minimum absolute atomic E-state index is 0.134. The van der Waals surface area contributed by atoms with Gasteiger partial charge in [-0.1, -0.05) is 32.1 Å². The zero-order chi connectivity index (χ0) is 22.0. The van der Waals surface area contributed by atoms with Gasteiger partial charge in [0, 0.05) is 18.2 Å². The number of ether oxygens (including phenoxy) is 1. The number of esters is 1. The van der Waals surface area contributed by atoms with Crippen LogP contribution in [0.3, 0.4) is 0 Å². The molecule has 0 spiro atoms. The van der Waals surface area contributed by atoms with Crippen LogP contribution in [0, 0.1) is 5.92 Å². The van der Waals surface area contributed by atoms with E-state index in [1.807, 2.05) is 5.32 Å². The molecule has 0 bridgehead atoms. The van der Waals surface area contributed by atoms with Crippen LogP contribution < -0.4 is 5.32 Å². The molecular weight excluding hydrogens is 389 g/mol. The van der Waals surface area contributed by atoms with Gasteiger partial charge in [0.2, 0.25) is 11.4 Å². The first-order valence-electron chi connectivity index (χ1n) is 9.98. The van der Waals surface area contributed by atoms with E-state index in [2.05, 4.69) is 4.74 Å². The lowest BCUT2D eigenvalue weighted by Gasteiger charge is -2.34. The maximum absolute atomic E-state index is 14.3. The lowest BCUT2D eigenvalue weighted by atomic mass is 9.85. The Morgan fingerprint density at radius 2 is 1.83 bits per heavy atom. The van der Waals surface area contributed by atoms with E-state index in [0.29, 0.717) is 12.3 Å². The first-order valence-corrected chi connectivity index (χ1v) is 9.98. The third-order valence-electron chi connectivity index (χ3n) is 5.80. The zero-order valence-electron chi connectivity index (χ0n) is 17.3. The molecule has 29 heavy (non-hydrogen) atoms. The van der Waals surface area contributed by atoms with Crippen molar-refractivity contribution < 1.29 is 32.3 Å². The summed E-state index contributed by atoms with van der Waals surface area (Å²) in [6, 6.07) is -0.634. The standard InChI is InChI=1S/C20H29F3N2O4/c1-12(2)25-13(3)16(17(27)29-4)19(18(25)28,20(21,22)23)24-15(26)11-10-14-8-6-5-7-9-14/h12,14H,5-11H2,1-4H3,(H,24,26)/t19-/m0/s1. The number of halogens is 3. The summed E-state index contributed by atoms with van der Waals surface area (Å²) in [5, 5.41) is 1.89. The largest absolute Gasteiger partial charge is 0.466 e. The van der Waals surface area contributed by atoms with Crippen molar-refractivity contribution in [2.75, 3.05) is 7.11 Å². The lowest BCUT2D eigenvalue weighted by molar-refractivity contribution is -0.196. The molecule has 0 unspecified atom stereocenters. The number of alkyl halides is 3. The molecule has 2 rings (SSSR count). The Labute approximate surface area is 168 Å². The van der Waals surface area contributed by atoms with E-state index < -0.39 is 41.1 Å². The maximum Gasteiger partial charge on any atom is 0.425 e. The molecule has 2 amide bonds. The highest BCUT2D eigenvalue weighted by Crippen LogP contribution is 2.45. The quantitative estimate of drug-likeness (QED) is 0.671. The molecule has 1 aliphatic carbocycles. The minimum atomic E-state index is -5.21. The van der Waals surface area contributed by atoms with Gasteiger partial charge in [-0.25, -0.2) is 4.79 Å². The normalized spacial score (nSPS) is 23.7. The van der Waals surface area contributed by atoms with Crippen LogP contribution in [0.5, 0.6) is 0 Å². The maximum atomic E-state index is 14.3. The van der Waals surface area contributed by atoms with Crippen LogP contribution in [0.4, 0.5) is 13.2 Å². The van der Waals surface area contributed by atoms with Gasteiger partial charge in [0.05, 0.1) is 7.11 Å². The van der Waals surface area contributed by atoms with Crippen molar-refractivity contribution in [3.63, 3.8) is 0 Å². The van der Waals surface area contributed by atoms with Crippen LogP contribution in [0.2, 0.25) is 0 Å². The predicted octanol–water partition coefficient (Wildman–Crippen LogP) is 3.46. The highest BCUT2D eigenvalue weighted by molar-refractivity contribution is 6.10. The van der Waals surface area contributed by atoms with Crippen molar-refractivity contribution in [2.45, 2.75) is 83.5 Å². The summed E-state index contributed by atoms with van der Waals surface area (Å²) < 4.78 is 47.4. The fourth-order valence-electron chi connectivity index (χ4n) is 4.39. The van der Waals surface area contributed by atoms with E-state index in [-0.39, 0.29) is 12.1 Å². The molecule has 9 heteroatoms. The molecule has 1 atom stereocenters. The van der Waals surface area contributed by atoms with Crippen LogP contribution in [0.15, 0.2) is 11.3 Å². The van der Waals surface area contributed by atoms with E-state index in [1.165, 1.54) is 20.8 Å². The second kappa shape index (κ2) is 8.75. The van der Waals surface area contributed by atoms with Crippen molar-refractivity contribution in [3.05, 3.63) is 11.3 Å². The Kier molecular flexibility index (Phi) is 7.01. The zero-order valence-corrected chi connectivity index (χ0v) is 17.3. The second-order valence-electron chi connectivity index (χ2n) is 8.06. The van der Waals surface area contributed by atoms with Crippen molar-refractivity contribution in [1.82, 2.24) is 10.2 Å². The molecule has 0 aromatic rings. The van der Waals surface area contributed by atoms with Gasteiger partial charge in [0.1, 0.15) is 5.57 Å². The number of allylic oxidation sites excluding steroid dienone is 1. The molecule has 0 aromatic heterocycles. The van der Waals surface area contributed by atoms with Crippen LogP contribution in [0.1, 0.15) is 65.7 Å². The fourth-order valence-corrected chi connectivity index (χ4v) is 4.39. The summed E-state index contributed by atoms with van der Waals surface area (Å²) in [6.07, 6.45) is 0.243. The molecule has 1 saturated carbocycles. The average molecular weight is 418 g/mol. The number of carbonyl (C=O) groups excluding carboxylic acids is 3. The fraction of sp³-hybridized carbons (Fsp3) is 0.750. The third-order valence-corrected chi connectivity index (χ3v) is 5.80. The van der Waals surface area contributed by atoms with E-state index in [4.69, 9.17) is 0 Å². The third kappa shape index (κ3) is 4.28. The Bertz CT molecular complexity index is 696. The number of methoxy groups -OCH3 is 1. The smallest absolute Gasteiger partial charge is 0.425 e. The Morgan fingerprint density at radius 1 is 1.24 bits per heavy atom. The number of nitrogens with one attached hydrogen (secondary N) is 1.